The van der Waals surface area contributed by atoms with Gasteiger partial charge in [0, 0.05) is 109 Å². The Balaban J connectivity index is 0.000000107. The van der Waals surface area contributed by atoms with Gasteiger partial charge in [-0.25, -0.2) is 34.9 Å². The lowest BCUT2D eigenvalue weighted by Gasteiger charge is -2.33. The number of hydrogen-bond donors (Lipinski definition) is 0. The maximum atomic E-state index is 6.07. The second-order valence-electron chi connectivity index (χ2n) is 30.2. The van der Waals surface area contributed by atoms with Crippen molar-refractivity contribution in [1.82, 2.24) is 44.0 Å². The average Bonchev–Trinajstić information content (AvgIpc) is 1.70. The highest BCUT2D eigenvalue weighted by Gasteiger charge is 2.32. The maximum Gasteiger partial charge on any atom is 0.256 e. The van der Waals surface area contributed by atoms with Gasteiger partial charge in [0.1, 0.15) is 32.9 Å². The first-order chi connectivity index (χ1) is 62.4. The van der Waals surface area contributed by atoms with E-state index in [0.717, 1.165) is 139 Å². The largest absolute Gasteiger partial charge is 0.418 e. The van der Waals surface area contributed by atoms with Gasteiger partial charge in [0.15, 0.2) is 0 Å². The highest BCUT2D eigenvalue weighted by atomic mass is 32.2. The first kappa shape index (κ1) is 74.4. The second kappa shape index (κ2) is 31.5. The molecule has 26 rings (SSSR count). The van der Waals surface area contributed by atoms with Gasteiger partial charge in [-0.1, -0.05) is 193 Å². The summed E-state index contributed by atoms with van der Waals surface area (Å²) in [6, 6.07) is 129. The van der Waals surface area contributed by atoms with E-state index in [-0.39, 0.29) is 0 Å². The van der Waals surface area contributed by atoms with E-state index in [9.17, 15) is 0 Å². The van der Waals surface area contributed by atoms with Crippen LogP contribution in [0.15, 0.2) is 425 Å². The number of hydrogen-bond acceptors (Lipinski definition) is 18. The molecule has 126 heavy (non-hydrogen) atoms. The normalized spacial score (nSPS) is 12.6. The van der Waals surface area contributed by atoms with Crippen LogP contribution in [0.5, 0.6) is 0 Å². The number of rotatable bonds is 11. The van der Waals surface area contributed by atoms with E-state index in [4.69, 9.17) is 33.8 Å². The lowest BCUT2D eigenvalue weighted by Crippen LogP contribution is -2.15. The van der Waals surface area contributed by atoms with Crippen LogP contribution in [-0.4, -0.2) is 49.9 Å². The van der Waals surface area contributed by atoms with Crippen molar-refractivity contribution in [2.45, 2.75) is 29.4 Å². The minimum Gasteiger partial charge on any atom is -0.418 e. The molecule has 4 aliphatic heterocycles. The molecule has 0 saturated carbocycles. The highest BCUT2D eigenvalue weighted by molar-refractivity contribution is 8.00. The lowest BCUT2D eigenvalue weighted by atomic mass is 10.0. The fraction of sp³-hybridized carbons (Fsp3) is 0. The van der Waals surface area contributed by atoms with Crippen LogP contribution in [0.2, 0.25) is 0 Å². The zero-order valence-corrected chi connectivity index (χ0v) is 70.6. The molecule has 0 bridgehead atoms. The number of nitrogens with zero attached hydrogens (tertiary/aromatic N) is 13. The molecule has 0 unspecified atom stereocenters. The van der Waals surface area contributed by atoms with Crippen molar-refractivity contribution in [3.63, 3.8) is 0 Å². The maximum absolute atomic E-state index is 6.07. The van der Waals surface area contributed by atoms with Crippen LogP contribution < -0.4 is 14.7 Å². The molecule has 0 N–H and O–H groups in total. The molecular formula is C106H63N13O2S5. The van der Waals surface area contributed by atoms with Crippen LogP contribution >= 0.6 is 58.0 Å². The Morgan fingerprint density at radius 2 is 0.635 bits per heavy atom. The molecule has 0 spiro atoms. The number of oxazole rings is 2. The first-order valence-electron chi connectivity index (χ1n) is 40.9. The fourth-order valence-corrected chi connectivity index (χ4v) is 21.8. The fourth-order valence-electron chi connectivity index (χ4n) is 16.7. The molecular weight excluding hydrogens is 1650 g/mol. The Morgan fingerprint density at radius 1 is 0.278 bits per heavy atom. The number of pyridine rings is 1. The summed E-state index contributed by atoms with van der Waals surface area (Å²) in [5.74, 6) is 5.73. The lowest BCUT2D eigenvalue weighted by molar-refractivity contribution is 0.584. The van der Waals surface area contributed by atoms with Crippen molar-refractivity contribution < 1.29 is 8.83 Å². The quantitative estimate of drug-likeness (QED) is 0.113. The standard InChI is InChI=1S/C44H29N5S.C32H19N3S3.C30H15N5O2S/c1-3-15-32(16-4-1)48-37-21-9-7-19-35(37)45-43(48)30-27-31(44-46-36-20-8-10-22-38(36)49(44)33-17-5-2-6-18-33)29-34(28-30)47-39-23-11-13-25-41(39)50-42-26-14-12-24-40(42)47;1-5-13-27-23(9-1)33-31(37-27)20-17-21(32-34-24-10-2-6-14-28(24)38-32)19-22(18-20)35-25-11-3-7-15-29(25)36-30-16-8-4-12-26(30)35;1-3-11-25-23(9-1)35(24-10-2-4-12-26(24)38-25)20-16-18(27-33-21-7-5-13-31-29(21)36-27)15-19(17-20)28-34-22-8-6-14-32-30(22)37-28/h1-29H;1-19H;1-5,7-13,15-17H. The van der Waals surface area contributed by atoms with E-state index in [1.807, 2.05) is 53.9 Å². The highest BCUT2D eigenvalue weighted by Crippen LogP contribution is 2.57. The molecule has 0 radical (unpaired) electrons. The van der Waals surface area contributed by atoms with Crippen LogP contribution in [0.25, 0.3) is 138 Å². The SMILES string of the molecule is C1=C=Nc2oc(-c3cc(-c4nc5cccnc5o4)cc(N4c5ccccc5Sc5ccccc54)c3)nc2C=1.c1ccc(-n2c(-c3cc(-c4nc5ccccc5n4-c4ccccc4)cc(N4c5ccccc5Sc5ccccc54)c3)nc3ccccc32)cc1.c1ccc2c(c1)Sc1ccccc1N2c1cc(-c2nc3ccccc3s2)cc(-c2nc3ccccc3s2)c1. The molecule has 0 fully saturated rings. The molecule has 0 saturated heterocycles. The van der Waals surface area contributed by atoms with E-state index < -0.39 is 0 Å². The summed E-state index contributed by atoms with van der Waals surface area (Å²) in [7, 11) is 0. The molecule has 4 aliphatic rings. The zero-order valence-electron chi connectivity index (χ0n) is 66.5. The second-order valence-corrected chi connectivity index (χ2v) is 35.5. The Morgan fingerprint density at radius 3 is 1.06 bits per heavy atom. The molecule has 15 nitrogen and oxygen atoms in total. The molecule has 594 valence electrons. The molecule has 0 atom stereocenters. The minimum absolute atomic E-state index is 0.404. The number of anilines is 9. The van der Waals surface area contributed by atoms with Gasteiger partial charge >= 0.3 is 0 Å². The third-order valence-corrected chi connectivity index (χ3v) is 27.9. The number of para-hydroxylation sites is 14. The Hall–Kier alpha value is -15.5. The summed E-state index contributed by atoms with van der Waals surface area (Å²) in [5, 5.41) is 2.03. The monoisotopic (exact) mass is 1710 g/mol. The van der Waals surface area contributed by atoms with Crippen LogP contribution in [-0.2, 0) is 0 Å². The number of aliphatic imine (C=N–C) groups is 1. The van der Waals surface area contributed by atoms with Crippen molar-refractivity contribution in [3.8, 4) is 78.2 Å². The van der Waals surface area contributed by atoms with Crippen LogP contribution in [0.3, 0.4) is 0 Å². The van der Waals surface area contributed by atoms with Gasteiger partial charge in [-0.3, -0.25) is 9.13 Å². The summed E-state index contributed by atoms with van der Waals surface area (Å²) < 4.78 is 19.0. The molecule has 22 aromatic rings. The van der Waals surface area contributed by atoms with Gasteiger partial charge in [-0.05, 0) is 218 Å². The van der Waals surface area contributed by atoms with Gasteiger partial charge in [-0.15, -0.1) is 22.7 Å². The van der Waals surface area contributed by atoms with Gasteiger partial charge in [0.25, 0.3) is 5.88 Å². The Bertz CT molecular complexity index is 7700. The summed E-state index contributed by atoms with van der Waals surface area (Å²) in [4.78, 5) is 52.8. The molecule has 0 amide bonds. The number of fused-ring (bicyclic) bond motifs is 12. The predicted octanol–water partition coefficient (Wildman–Crippen LogP) is 29.8. The topological polar surface area (TPSA) is 148 Å². The number of thiazole rings is 2. The molecule has 15 aromatic carbocycles. The summed E-state index contributed by atoms with van der Waals surface area (Å²) in [6.07, 6.45) is 3.40. The van der Waals surface area contributed by atoms with E-state index >= 15 is 0 Å². The Labute approximate surface area is 742 Å². The number of benzene rings is 15. The Kier molecular flexibility index (Phi) is 18.6. The van der Waals surface area contributed by atoms with Crippen LogP contribution in [0.4, 0.5) is 57.1 Å². The average molecular weight is 1710 g/mol. The van der Waals surface area contributed by atoms with E-state index in [0.29, 0.717) is 34.6 Å². The van der Waals surface area contributed by atoms with E-state index in [1.165, 1.54) is 50.1 Å². The van der Waals surface area contributed by atoms with E-state index in [1.54, 1.807) is 46.7 Å². The van der Waals surface area contributed by atoms with Gasteiger partial charge in [0.05, 0.1) is 76.6 Å². The van der Waals surface area contributed by atoms with Crippen LogP contribution in [0.1, 0.15) is 5.69 Å². The predicted molar refractivity (Wildman–Crippen MR) is 514 cm³/mol. The molecule has 20 heteroatoms. The van der Waals surface area contributed by atoms with Crippen molar-refractivity contribution in [1.29, 1.82) is 0 Å². The number of imidazole rings is 2. The summed E-state index contributed by atoms with van der Waals surface area (Å²) in [5.41, 5.74) is 28.5. The summed E-state index contributed by atoms with van der Waals surface area (Å²) in [6.45, 7) is 0. The smallest absolute Gasteiger partial charge is 0.256 e. The molecule has 11 heterocycles. The van der Waals surface area contributed by atoms with Crippen molar-refractivity contribution in [3.05, 3.63) is 388 Å². The minimum atomic E-state index is 0.404. The molecule has 0 aliphatic carbocycles. The van der Waals surface area contributed by atoms with Crippen molar-refractivity contribution in [2.75, 3.05) is 14.7 Å². The third kappa shape index (κ3) is 13.5. The van der Waals surface area contributed by atoms with Crippen molar-refractivity contribution >= 4 is 181 Å². The third-order valence-electron chi connectivity index (χ3n) is 22.3. The van der Waals surface area contributed by atoms with Gasteiger partial charge in [0.2, 0.25) is 17.5 Å². The van der Waals surface area contributed by atoms with E-state index in [2.05, 4.69) is 390 Å². The van der Waals surface area contributed by atoms with Crippen LogP contribution in [0, 0.1) is 0 Å². The summed E-state index contributed by atoms with van der Waals surface area (Å²) >= 11 is 8.87. The zero-order chi connectivity index (χ0) is 83.1. The first-order valence-corrected chi connectivity index (χ1v) is 45.0. The van der Waals surface area contributed by atoms with Gasteiger partial charge in [-0.2, -0.15) is 4.99 Å². The number of aromatic nitrogens is 9. The molecule has 7 aromatic heterocycles. The van der Waals surface area contributed by atoms with Gasteiger partial charge < -0.3 is 23.5 Å². The van der Waals surface area contributed by atoms with Crippen molar-refractivity contribution in [2.24, 2.45) is 4.99 Å².